The second-order valence-corrected chi connectivity index (χ2v) is 3.29. The van der Waals surface area contributed by atoms with Crippen molar-refractivity contribution in [2.45, 2.75) is 13.8 Å². The van der Waals surface area contributed by atoms with Gasteiger partial charge in [0.15, 0.2) is 11.6 Å². The molecule has 0 aliphatic heterocycles. The zero-order valence-corrected chi connectivity index (χ0v) is 8.29. The van der Waals surface area contributed by atoms with E-state index in [1.807, 2.05) is 6.92 Å². The number of aromatic nitrogens is 2. The third-order valence-corrected chi connectivity index (χ3v) is 1.89. The molecule has 0 saturated carbocycles. The lowest BCUT2D eigenvalue weighted by Gasteiger charge is -2.10. The Labute approximate surface area is 82.2 Å². The molecule has 1 aromatic heterocycles. The van der Waals surface area contributed by atoms with Gasteiger partial charge in [0.2, 0.25) is 0 Å². The van der Waals surface area contributed by atoms with Gasteiger partial charge in [-0.05, 0) is 12.8 Å². The highest BCUT2D eigenvalue weighted by Gasteiger charge is 2.07. The number of aliphatic hydroxyl groups excluding tert-OH is 1. The van der Waals surface area contributed by atoms with Gasteiger partial charge in [-0.2, -0.15) is 0 Å². The number of aryl methyl sites for hydroxylation is 1. The summed E-state index contributed by atoms with van der Waals surface area (Å²) in [6.45, 7) is 4.00. The van der Waals surface area contributed by atoms with E-state index >= 15 is 0 Å². The lowest BCUT2D eigenvalue weighted by molar-refractivity contribution is 0.244. The third-order valence-electron chi connectivity index (χ3n) is 1.89. The van der Waals surface area contributed by atoms with Crippen LogP contribution >= 0.6 is 0 Å². The molecule has 0 aliphatic rings. The minimum Gasteiger partial charge on any atom is -0.396 e. The van der Waals surface area contributed by atoms with E-state index in [-0.39, 0.29) is 18.3 Å². The van der Waals surface area contributed by atoms with Crippen LogP contribution in [0.15, 0.2) is 6.33 Å². The highest BCUT2D eigenvalue weighted by atomic mass is 19.1. The third kappa shape index (κ3) is 2.63. The Morgan fingerprint density at radius 1 is 1.57 bits per heavy atom. The van der Waals surface area contributed by atoms with Gasteiger partial charge in [-0.15, -0.1) is 0 Å². The van der Waals surface area contributed by atoms with Crippen molar-refractivity contribution < 1.29 is 9.50 Å². The number of aliphatic hydroxyl groups is 1. The van der Waals surface area contributed by atoms with Crippen molar-refractivity contribution in [2.75, 3.05) is 18.5 Å². The largest absolute Gasteiger partial charge is 0.396 e. The van der Waals surface area contributed by atoms with Crippen LogP contribution in [0, 0.1) is 18.7 Å². The quantitative estimate of drug-likeness (QED) is 0.758. The first-order valence-electron chi connectivity index (χ1n) is 4.47. The Balaban J connectivity index is 2.63. The Morgan fingerprint density at radius 2 is 2.29 bits per heavy atom. The number of hydrogen-bond acceptors (Lipinski definition) is 4. The fourth-order valence-corrected chi connectivity index (χ4v) is 0.917. The molecule has 1 atom stereocenters. The van der Waals surface area contributed by atoms with Gasteiger partial charge in [0.25, 0.3) is 0 Å². The van der Waals surface area contributed by atoms with Crippen LogP contribution in [0.5, 0.6) is 0 Å². The molecule has 0 amide bonds. The van der Waals surface area contributed by atoms with Crippen LogP contribution in [0.1, 0.15) is 12.6 Å². The summed E-state index contributed by atoms with van der Waals surface area (Å²) in [5.41, 5.74) is 0.319. The molecule has 0 aromatic carbocycles. The normalized spacial score (nSPS) is 12.6. The lowest BCUT2D eigenvalue weighted by Crippen LogP contribution is -2.16. The van der Waals surface area contributed by atoms with Crippen molar-refractivity contribution >= 4 is 5.82 Å². The summed E-state index contributed by atoms with van der Waals surface area (Å²) in [4.78, 5) is 7.48. The fraction of sp³-hybridized carbons (Fsp3) is 0.556. The molecule has 1 rings (SSSR count). The predicted molar refractivity (Wildman–Crippen MR) is 51.5 cm³/mol. The molecule has 4 nitrogen and oxygen atoms in total. The Hall–Kier alpha value is -1.23. The molecule has 1 unspecified atom stereocenters. The van der Waals surface area contributed by atoms with E-state index < -0.39 is 5.82 Å². The summed E-state index contributed by atoms with van der Waals surface area (Å²) in [5, 5.41) is 11.6. The number of rotatable bonds is 4. The molecule has 0 fully saturated rings. The maximum absolute atomic E-state index is 13.3. The zero-order valence-electron chi connectivity index (χ0n) is 8.29. The van der Waals surface area contributed by atoms with Gasteiger partial charge >= 0.3 is 0 Å². The maximum atomic E-state index is 13.3. The molecule has 1 heterocycles. The molecular formula is C9H14FN3O. The molecule has 0 spiro atoms. The summed E-state index contributed by atoms with van der Waals surface area (Å²) in [7, 11) is 0. The van der Waals surface area contributed by atoms with Gasteiger partial charge in [-0.3, -0.25) is 0 Å². The van der Waals surface area contributed by atoms with Gasteiger partial charge in [-0.1, -0.05) is 6.92 Å². The van der Waals surface area contributed by atoms with Crippen molar-refractivity contribution in [3.8, 4) is 0 Å². The molecule has 5 heteroatoms. The number of hydrogen-bond donors (Lipinski definition) is 2. The van der Waals surface area contributed by atoms with Crippen molar-refractivity contribution in [1.29, 1.82) is 0 Å². The minimum atomic E-state index is -0.433. The molecule has 0 saturated heterocycles. The van der Waals surface area contributed by atoms with E-state index in [2.05, 4.69) is 15.3 Å². The SMILES string of the molecule is Cc1ncnc(NCC(C)CO)c1F. The summed E-state index contributed by atoms with van der Waals surface area (Å²) in [6.07, 6.45) is 1.31. The van der Waals surface area contributed by atoms with Crippen LogP contribution in [0.25, 0.3) is 0 Å². The summed E-state index contributed by atoms with van der Waals surface area (Å²) < 4.78 is 13.3. The van der Waals surface area contributed by atoms with E-state index in [0.717, 1.165) is 0 Å². The van der Waals surface area contributed by atoms with Crippen LogP contribution in [-0.2, 0) is 0 Å². The van der Waals surface area contributed by atoms with E-state index in [1.165, 1.54) is 6.33 Å². The second kappa shape index (κ2) is 4.85. The average Bonchev–Trinajstić information content (AvgIpc) is 2.20. The molecule has 78 valence electrons. The first-order valence-corrected chi connectivity index (χ1v) is 4.47. The molecular weight excluding hydrogens is 185 g/mol. The zero-order chi connectivity index (χ0) is 10.6. The lowest BCUT2D eigenvalue weighted by atomic mass is 10.2. The van der Waals surface area contributed by atoms with Gasteiger partial charge < -0.3 is 10.4 Å². The van der Waals surface area contributed by atoms with Crippen molar-refractivity contribution in [2.24, 2.45) is 5.92 Å². The highest BCUT2D eigenvalue weighted by Crippen LogP contribution is 2.11. The maximum Gasteiger partial charge on any atom is 0.186 e. The Kier molecular flexibility index (Phi) is 3.76. The topological polar surface area (TPSA) is 58.0 Å². The molecule has 2 N–H and O–H groups in total. The summed E-state index contributed by atoms with van der Waals surface area (Å²) >= 11 is 0. The van der Waals surface area contributed by atoms with Crippen LogP contribution in [0.4, 0.5) is 10.2 Å². The van der Waals surface area contributed by atoms with E-state index in [0.29, 0.717) is 12.2 Å². The minimum absolute atomic E-state index is 0.0681. The molecule has 0 bridgehead atoms. The molecule has 0 radical (unpaired) electrons. The van der Waals surface area contributed by atoms with Crippen molar-refractivity contribution in [3.05, 3.63) is 17.8 Å². The van der Waals surface area contributed by atoms with E-state index in [4.69, 9.17) is 5.11 Å². The Bertz CT molecular complexity index is 306. The van der Waals surface area contributed by atoms with E-state index in [1.54, 1.807) is 6.92 Å². The Morgan fingerprint density at radius 3 is 2.93 bits per heavy atom. The fourth-order valence-electron chi connectivity index (χ4n) is 0.917. The van der Waals surface area contributed by atoms with Crippen molar-refractivity contribution in [3.63, 3.8) is 0 Å². The number of nitrogens with one attached hydrogen (secondary N) is 1. The summed E-state index contributed by atoms with van der Waals surface area (Å²) in [5.74, 6) is -0.167. The smallest absolute Gasteiger partial charge is 0.186 e. The van der Waals surface area contributed by atoms with Crippen molar-refractivity contribution in [1.82, 2.24) is 9.97 Å². The molecule has 0 aliphatic carbocycles. The van der Waals surface area contributed by atoms with Gasteiger partial charge in [-0.25, -0.2) is 14.4 Å². The van der Waals surface area contributed by atoms with Gasteiger partial charge in [0, 0.05) is 13.2 Å². The van der Waals surface area contributed by atoms with Crippen LogP contribution < -0.4 is 5.32 Å². The highest BCUT2D eigenvalue weighted by molar-refractivity contribution is 5.36. The van der Waals surface area contributed by atoms with Crippen LogP contribution in [-0.4, -0.2) is 28.2 Å². The van der Waals surface area contributed by atoms with Crippen LogP contribution in [0.3, 0.4) is 0 Å². The van der Waals surface area contributed by atoms with E-state index in [9.17, 15) is 4.39 Å². The predicted octanol–water partition coefficient (Wildman–Crippen LogP) is 0.964. The monoisotopic (exact) mass is 199 g/mol. The van der Waals surface area contributed by atoms with Crippen LogP contribution in [0.2, 0.25) is 0 Å². The first kappa shape index (κ1) is 10.8. The first-order chi connectivity index (χ1) is 6.65. The molecule has 1 aromatic rings. The number of anilines is 1. The standard InChI is InChI=1S/C9H14FN3O/c1-6(4-14)3-11-9-8(10)7(2)12-5-13-9/h5-6,14H,3-4H2,1-2H3,(H,11,12,13). The van der Waals surface area contributed by atoms with Gasteiger partial charge in [0.1, 0.15) is 6.33 Å². The number of nitrogens with zero attached hydrogens (tertiary/aromatic N) is 2. The summed E-state index contributed by atoms with van der Waals surface area (Å²) in [6, 6.07) is 0. The number of halogens is 1. The van der Waals surface area contributed by atoms with Gasteiger partial charge in [0.05, 0.1) is 5.69 Å². The molecule has 14 heavy (non-hydrogen) atoms. The second-order valence-electron chi connectivity index (χ2n) is 3.29. The average molecular weight is 199 g/mol.